The lowest BCUT2D eigenvalue weighted by Crippen LogP contribution is -2.38. The highest BCUT2D eigenvalue weighted by atomic mass is 35.5. The molecular formula is C21H22ClN7O4. The molecule has 0 bridgehead atoms. The predicted octanol–water partition coefficient (Wildman–Crippen LogP) is 0.762. The van der Waals surface area contributed by atoms with Crippen molar-refractivity contribution in [2.45, 2.75) is 26.4 Å². The third-order valence-corrected chi connectivity index (χ3v) is 5.66. The zero-order valence-electron chi connectivity index (χ0n) is 18.3. The number of nitrogens with one attached hydrogen (secondary N) is 1. The summed E-state index contributed by atoms with van der Waals surface area (Å²) in [5.41, 5.74) is -0.539. The van der Waals surface area contributed by atoms with Gasteiger partial charge in [0.1, 0.15) is 12.4 Å². The van der Waals surface area contributed by atoms with Crippen LogP contribution in [0.5, 0.6) is 0 Å². The Balaban J connectivity index is 1.67. The molecule has 4 aromatic rings. The molecule has 3 aromatic heterocycles. The van der Waals surface area contributed by atoms with E-state index in [1.165, 1.54) is 29.6 Å². The summed E-state index contributed by atoms with van der Waals surface area (Å²) < 4.78 is 3.67. The molecule has 1 amide bonds. The van der Waals surface area contributed by atoms with Crippen LogP contribution in [0.3, 0.4) is 0 Å². The molecule has 0 spiro atoms. The maximum Gasteiger partial charge on any atom is 0.332 e. The van der Waals surface area contributed by atoms with E-state index >= 15 is 0 Å². The van der Waals surface area contributed by atoms with E-state index in [0.29, 0.717) is 34.7 Å². The van der Waals surface area contributed by atoms with Gasteiger partial charge in [0.25, 0.3) is 11.1 Å². The van der Waals surface area contributed by atoms with Gasteiger partial charge in [0, 0.05) is 25.7 Å². The molecule has 0 saturated heterocycles. The van der Waals surface area contributed by atoms with E-state index in [1.54, 1.807) is 23.1 Å². The summed E-state index contributed by atoms with van der Waals surface area (Å²) in [5, 5.41) is 0.860. The highest BCUT2D eigenvalue weighted by molar-refractivity contribution is 6.31. The van der Waals surface area contributed by atoms with Crippen LogP contribution in [-0.4, -0.2) is 46.0 Å². The number of benzene rings is 1. The molecule has 0 unspecified atom stereocenters. The van der Waals surface area contributed by atoms with Crippen molar-refractivity contribution in [3.05, 3.63) is 66.6 Å². The Bertz CT molecular complexity index is 1560. The number of hydrogen-bond acceptors (Lipinski definition) is 6. The topological polar surface area (TPSA) is 128 Å². The third kappa shape index (κ3) is 4.07. The molecule has 0 radical (unpaired) electrons. The number of rotatable bonds is 6. The summed E-state index contributed by atoms with van der Waals surface area (Å²) in [6, 6.07) is 4.81. The van der Waals surface area contributed by atoms with Gasteiger partial charge in [-0.3, -0.25) is 23.5 Å². The fourth-order valence-electron chi connectivity index (χ4n) is 3.74. The van der Waals surface area contributed by atoms with Crippen molar-refractivity contribution in [2.24, 2.45) is 14.1 Å². The van der Waals surface area contributed by atoms with Crippen molar-refractivity contribution in [1.82, 2.24) is 33.6 Å². The molecule has 0 atom stereocenters. The monoisotopic (exact) mass is 471 g/mol. The van der Waals surface area contributed by atoms with E-state index in [-0.39, 0.29) is 35.7 Å². The standard InChI is InChI=1S/C21H22ClN7O4/c1-4-7-28(9-15-24-14-8-12(22)5-6-13(14)19(31)25-15)16(30)10-29-11-23-18-17(29)20(32)27(3)21(33)26(18)2/h5-6,8,11H,4,7,9-10H2,1-3H3,(H,24,25,31). The normalized spacial score (nSPS) is 11.4. The second-order valence-electron chi connectivity index (χ2n) is 7.74. The first kappa shape index (κ1) is 22.5. The number of aryl methyl sites for hydroxylation is 1. The predicted molar refractivity (Wildman–Crippen MR) is 123 cm³/mol. The van der Waals surface area contributed by atoms with Crippen LogP contribution in [0.15, 0.2) is 38.9 Å². The minimum atomic E-state index is -0.530. The van der Waals surface area contributed by atoms with Gasteiger partial charge in [0.2, 0.25) is 5.91 Å². The number of aromatic nitrogens is 6. The number of aromatic amines is 1. The van der Waals surface area contributed by atoms with E-state index in [2.05, 4.69) is 15.0 Å². The number of carbonyl (C=O) groups is 1. The smallest absolute Gasteiger partial charge is 0.332 e. The number of carbonyl (C=O) groups excluding carboxylic acids is 1. The maximum absolute atomic E-state index is 13.2. The first-order chi connectivity index (χ1) is 15.7. The van der Waals surface area contributed by atoms with Crippen molar-refractivity contribution >= 4 is 39.6 Å². The van der Waals surface area contributed by atoms with Gasteiger partial charge < -0.3 is 14.5 Å². The molecule has 12 heteroatoms. The Kier molecular flexibility index (Phi) is 5.90. The van der Waals surface area contributed by atoms with Crippen molar-refractivity contribution in [3.8, 4) is 0 Å². The van der Waals surface area contributed by atoms with Gasteiger partial charge >= 0.3 is 5.69 Å². The molecule has 172 valence electrons. The second-order valence-corrected chi connectivity index (χ2v) is 8.18. The van der Waals surface area contributed by atoms with Crippen molar-refractivity contribution < 1.29 is 4.79 Å². The van der Waals surface area contributed by atoms with E-state index in [1.807, 2.05) is 6.92 Å². The fourth-order valence-corrected chi connectivity index (χ4v) is 3.91. The average molecular weight is 472 g/mol. The fraction of sp³-hybridized carbons (Fsp3) is 0.333. The number of fused-ring (bicyclic) bond motifs is 2. The lowest BCUT2D eigenvalue weighted by atomic mass is 10.2. The van der Waals surface area contributed by atoms with E-state index in [0.717, 1.165) is 4.57 Å². The van der Waals surface area contributed by atoms with Crippen LogP contribution >= 0.6 is 11.6 Å². The molecule has 1 aromatic carbocycles. The highest BCUT2D eigenvalue weighted by Gasteiger charge is 2.20. The van der Waals surface area contributed by atoms with Gasteiger partial charge in [0.05, 0.1) is 23.8 Å². The van der Waals surface area contributed by atoms with Crippen LogP contribution < -0.4 is 16.8 Å². The number of halogens is 1. The molecule has 11 nitrogen and oxygen atoms in total. The molecule has 3 heterocycles. The number of amides is 1. The van der Waals surface area contributed by atoms with E-state index in [4.69, 9.17) is 11.6 Å². The summed E-state index contributed by atoms with van der Waals surface area (Å²) in [7, 11) is 2.89. The largest absolute Gasteiger partial charge is 0.334 e. The summed E-state index contributed by atoms with van der Waals surface area (Å²) in [6.45, 7) is 2.26. The molecule has 33 heavy (non-hydrogen) atoms. The lowest BCUT2D eigenvalue weighted by Gasteiger charge is -2.22. The number of H-pyrrole nitrogens is 1. The number of nitrogens with zero attached hydrogens (tertiary/aromatic N) is 6. The van der Waals surface area contributed by atoms with Gasteiger partial charge in [-0.25, -0.2) is 14.8 Å². The summed E-state index contributed by atoms with van der Waals surface area (Å²) in [5.74, 6) is 0.0336. The zero-order valence-corrected chi connectivity index (χ0v) is 19.1. The Hall–Kier alpha value is -3.73. The first-order valence-corrected chi connectivity index (χ1v) is 10.7. The second kappa shape index (κ2) is 8.66. The average Bonchev–Trinajstić information content (AvgIpc) is 3.19. The number of imidazole rings is 1. The minimum Gasteiger partial charge on any atom is -0.334 e. The van der Waals surface area contributed by atoms with Crippen LogP contribution in [0.2, 0.25) is 5.02 Å². The van der Waals surface area contributed by atoms with E-state index < -0.39 is 11.2 Å². The quantitative estimate of drug-likeness (QED) is 0.442. The van der Waals surface area contributed by atoms with Crippen molar-refractivity contribution in [1.29, 1.82) is 0 Å². The molecule has 0 saturated carbocycles. The Morgan fingerprint density at radius 2 is 1.94 bits per heavy atom. The van der Waals surface area contributed by atoms with Crippen LogP contribution in [0.25, 0.3) is 22.1 Å². The molecular weight excluding hydrogens is 450 g/mol. The van der Waals surface area contributed by atoms with Crippen LogP contribution in [-0.2, 0) is 32.0 Å². The van der Waals surface area contributed by atoms with Crippen LogP contribution in [0.1, 0.15) is 19.2 Å². The zero-order chi connectivity index (χ0) is 23.9. The maximum atomic E-state index is 13.2. The molecule has 0 aliphatic rings. The van der Waals surface area contributed by atoms with Crippen LogP contribution in [0.4, 0.5) is 0 Å². The summed E-state index contributed by atoms with van der Waals surface area (Å²) in [4.78, 5) is 63.2. The van der Waals surface area contributed by atoms with Gasteiger partial charge in [-0.2, -0.15) is 0 Å². The van der Waals surface area contributed by atoms with E-state index in [9.17, 15) is 19.2 Å². The Labute approximate surface area is 191 Å². The summed E-state index contributed by atoms with van der Waals surface area (Å²) >= 11 is 6.03. The SMILES string of the molecule is CCCN(Cc1nc2cc(Cl)ccc2c(=O)[nH]1)C(=O)Cn1cnc2c1c(=O)n(C)c(=O)n2C. The Morgan fingerprint density at radius 1 is 1.18 bits per heavy atom. The van der Waals surface area contributed by atoms with Gasteiger partial charge in [-0.1, -0.05) is 18.5 Å². The van der Waals surface area contributed by atoms with Crippen molar-refractivity contribution in [2.75, 3.05) is 6.54 Å². The highest BCUT2D eigenvalue weighted by Crippen LogP contribution is 2.15. The first-order valence-electron chi connectivity index (χ1n) is 10.3. The van der Waals surface area contributed by atoms with Crippen molar-refractivity contribution in [3.63, 3.8) is 0 Å². The molecule has 0 aliphatic heterocycles. The molecule has 0 fully saturated rings. The Morgan fingerprint density at radius 3 is 2.67 bits per heavy atom. The molecule has 0 aliphatic carbocycles. The van der Waals surface area contributed by atoms with Gasteiger partial charge in [-0.05, 0) is 24.6 Å². The summed E-state index contributed by atoms with van der Waals surface area (Å²) in [6.07, 6.45) is 2.04. The minimum absolute atomic E-state index is 0.0769. The van der Waals surface area contributed by atoms with Crippen LogP contribution in [0, 0.1) is 0 Å². The number of hydrogen-bond donors (Lipinski definition) is 1. The van der Waals surface area contributed by atoms with Gasteiger partial charge in [0.15, 0.2) is 11.2 Å². The third-order valence-electron chi connectivity index (χ3n) is 5.43. The molecule has 1 N–H and O–H groups in total. The molecule has 4 rings (SSSR count). The lowest BCUT2D eigenvalue weighted by molar-refractivity contribution is -0.132. The van der Waals surface area contributed by atoms with Gasteiger partial charge in [-0.15, -0.1) is 0 Å².